The Balaban J connectivity index is 1.44. The minimum absolute atomic E-state index is 0.0692. The lowest BCUT2D eigenvalue weighted by molar-refractivity contribution is 0.0985. The summed E-state index contributed by atoms with van der Waals surface area (Å²) >= 11 is 0. The lowest BCUT2D eigenvalue weighted by Crippen LogP contribution is -2.44. The molecule has 2 aliphatic rings. The molecule has 1 aromatic carbocycles. The number of sulfone groups is 1. The minimum Gasteiger partial charge on any atom is -0.396 e. The van der Waals surface area contributed by atoms with Gasteiger partial charge in [0.15, 0.2) is 15.7 Å². The molecule has 1 aliphatic heterocycles. The molecule has 2 aromatic heterocycles. The largest absolute Gasteiger partial charge is 0.396 e. The van der Waals surface area contributed by atoms with Crippen LogP contribution in [0.4, 0.5) is 22.1 Å². The van der Waals surface area contributed by atoms with E-state index >= 15 is 0 Å². The maximum atomic E-state index is 13.3. The van der Waals surface area contributed by atoms with E-state index in [9.17, 15) is 18.3 Å². The number of rotatable bonds is 9. The second-order valence-corrected chi connectivity index (χ2v) is 12.2. The van der Waals surface area contributed by atoms with Crippen LogP contribution in [0.5, 0.6) is 0 Å². The Labute approximate surface area is 227 Å². The van der Waals surface area contributed by atoms with Gasteiger partial charge in [-0.1, -0.05) is 6.07 Å². The predicted octanol–water partition coefficient (Wildman–Crippen LogP) is 3.19. The second kappa shape index (κ2) is 11.2. The highest BCUT2D eigenvalue weighted by atomic mass is 32.2. The first-order valence-corrected chi connectivity index (χ1v) is 14.6. The molecular weight excluding hydrogens is 520 g/mol. The van der Waals surface area contributed by atoms with E-state index in [0.29, 0.717) is 67.0 Å². The van der Waals surface area contributed by atoms with Crippen LogP contribution in [0.2, 0.25) is 0 Å². The number of aliphatic hydroxyl groups is 1. The van der Waals surface area contributed by atoms with Crippen molar-refractivity contribution in [3.05, 3.63) is 60.4 Å². The Morgan fingerprint density at radius 2 is 1.95 bits per heavy atom. The first kappa shape index (κ1) is 27.0. The van der Waals surface area contributed by atoms with Crippen molar-refractivity contribution in [2.45, 2.75) is 37.0 Å². The van der Waals surface area contributed by atoms with Crippen LogP contribution in [0.15, 0.2) is 54.7 Å². The number of carbonyl (C=O) groups is 1. The summed E-state index contributed by atoms with van der Waals surface area (Å²) in [4.78, 5) is 28.1. The second-order valence-electron chi connectivity index (χ2n) is 9.81. The van der Waals surface area contributed by atoms with Crippen LogP contribution in [-0.4, -0.2) is 72.7 Å². The number of aliphatic hydroxyl groups excluding tert-OH is 1. The number of morpholine rings is 1. The van der Waals surface area contributed by atoms with Crippen LogP contribution in [0.3, 0.4) is 0 Å². The van der Waals surface area contributed by atoms with Gasteiger partial charge in [-0.15, -0.1) is 0 Å². The molecule has 3 heterocycles. The van der Waals surface area contributed by atoms with Gasteiger partial charge in [0.25, 0.3) is 0 Å². The topological polar surface area (TPSA) is 147 Å². The number of benzene rings is 1. The molecule has 2 fully saturated rings. The molecule has 0 radical (unpaired) electrons. The summed E-state index contributed by atoms with van der Waals surface area (Å²) in [6, 6.07) is 13.7. The standard InChI is InChI=1S/C27H32N6O5S/c1-19-18-38-15-13-33(19)24-17-22(27(10-11-27)39(36,37)16-4-14-34)30-25(32-24)20-6-8-21(9-7-20)29-26(35)31-23-5-2-3-12-28-23/h2-3,5-9,12,17,19,34H,4,10-11,13-16,18H2,1H3,(H2,28,29,31,35)/t19-/m0/s1. The van der Waals surface area contributed by atoms with E-state index in [1.165, 1.54) is 0 Å². The third-order valence-corrected chi connectivity index (χ3v) is 9.65. The van der Waals surface area contributed by atoms with E-state index in [0.717, 1.165) is 0 Å². The number of anilines is 3. The van der Waals surface area contributed by atoms with Crippen molar-refractivity contribution >= 4 is 33.2 Å². The Kier molecular flexibility index (Phi) is 7.78. The number of hydrogen-bond donors (Lipinski definition) is 3. The van der Waals surface area contributed by atoms with Crippen molar-refractivity contribution in [3.8, 4) is 11.4 Å². The smallest absolute Gasteiger partial charge is 0.324 e. The van der Waals surface area contributed by atoms with Crippen molar-refractivity contribution in [1.29, 1.82) is 0 Å². The minimum atomic E-state index is -3.52. The predicted molar refractivity (Wildman–Crippen MR) is 148 cm³/mol. The zero-order valence-corrected chi connectivity index (χ0v) is 22.5. The van der Waals surface area contributed by atoms with Gasteiger partial charge in [-0.2, -0.15) is 0 Å². The van der Waals surface area contributed by atoms with Crippen LogP contribution in [-0.2, 0) is 19.3 Å². The van der Waals surface area contributed by atoms with Crippen molar-refractivity contribution in [3.63, 3.8) is 0 Å². The van der Waals surface area contributed by atoms with Gasteiger partial charge in [-0.3, -0.25) is 5.32 Å². The highest BCUT2D eigenvalue weighted by molar-refractivity contribution is 7.92. The summed E-state index contributed by atoms with van der Waals surface area (Å²) in [5.74, 6) is 1.41. The molecule has 206 valence electrons. The monoisotopic (exact) mass is 552 g/mol. The van der Waals surface area contributed by atoms with Crippen LogP contribution >= 0.6 is 0 Å². The molecule has 3 N–H and O–H groups in total. The molecule has 0 bridgehead atoms. The lowest BCUT2D eigenvalue weighted by Gasteiger charge is -2.34. The van der Waals surface area contributed by atoms with Gasteiger partial charge in [0, 0.05) is 36.7 Å². The zero-order valence-electron chi connectivity index (χ0n) is 21.7. The Morgan fingerprint density at radius 3 is 2.62 bits per heavy atom. The SMILES string of the molecule is C[C@H]1COCCN1c1cc(C2(S(=O)(=O)CCCO)CC2)nc(-c2ccc(NC(=O)Nc3ccccn3)cc2)n1. The van der Waals surface area contributed by atoms with Crippen molar-refractivity contribution in [2.75, 3.05) is 47.7 Å². The molecule has 39 heavy (non-hydrogen) atoms. The number of pyridine rings is 1. The van der Waals surface area contributed by atoms with E-state index in [4.69, 9.17) is 14.7 Å². The molecule has 1 saturated heterocycles. The summed E-state index contributed by atoms with van der Waals surface area (Å²) in [7, 11) is -3.52. The molecule has 1 saturated carbocycles. The zero-order chi connectivity index (χ0) is 27.5. The van der Waals surface area contributed by atoms with Crippen LogP contribution in [0, 0.1) is 0 Å². The van der Waals surface area contributed by atoms with E-state index in [-0.39, 0.29) is 24.8 Å². The van der Waals surface area contributed by atoms with Gasteiger partial charge in [0.1, 0.15) is 16.4 Å². The maximum absolute atomic E-state index is 13.3. The number of carbonyl (C=O) groups excluding carboxylic acids is 1. The summed E-state index contributed by atoms with van der Waals surface area (Å²) in [5.41, 5.74) is 1.74. The highest BCUT2D eigenvalue weighted by Crippen LogP contribution is 2.53. The molecular formula is C27H32N6O5S. The molecule has 1 aliphatic carbocycles. The normalized spacial score (nSPS) is 18.4. The molecule has 12 heteroatoms. The van der Waals surface area contributed by atoms with Crippen molar-refractivity contribution in [1.82, 2.24) is 15.0 Å². The molecule has 0 spiro atoms. The summed E-state index contributed by atoms with van der Waals surface area (Å²) < 4.78 is 31.1. The Bertz CT molecular complexity index is 1410. The van der Waals surface area contributed by atoms with Crippen LogP contribution in [0.1, 0.15) is 31.9 Å². The number of hydrogen-bond acceptors (Lipinski definition) is 9. The van der Waals surface area contributed by atoms with Crippen molar-refractivity contribution < 1.29 is 23.1 Å². The highest BCUT2D eigenvalue weighted by Gasteiger charge is 2.56. The van der Waals surface area contributed by atoms with Crippen molar-refractivity contribution in [2.24, 2.45) is 0 Å². The fourth-order valence-electron chi connectivity index (χ4n) is 4.72. The summed E-state index contributed by atoms with van der Waals surface area (Å²) in [6.07, 6.45) is 2.76. The number of nitrogens with one attached hydrogen (secondary N) is 2. The summed E-state index contributed by atoms with van der Waals surface area (Å²) in [5, 5.41) is 14.7. The number of urea groups is 1. The number of amides is 2. The third-order valence-electron chi connectivity index (χ3n) is 7.02. The van der Waals surface area contributed by atoms with E-state index in [1.54, 1.807) is 54.7 Å². The first-order chi connectivity index (χ1) is 18.8. The number of ether oxygens (including phenoxy) is 1. The van der Waals surface area contributed by atoms with Gasteiger partial charge in [0.2, 0.25) is 0 Å². The molecule has 2 amide bonds. The average molecular weight is 553 g/mol. The Morgan fingerprint density at radius 1 is 1.15 bits per heavy atom. The van der Waals surface area contributed by atoms with Gasteiger partial charge < -0.3 is 20.1 Å². The van der Waals surface area contributed by atoms with Gasteiger partial charge in [-0.05, 0) is 62.6 Å². The molecule has 3 aromatic rings. The Hall–Kier alpha value is -3.61. The van der Waals surface area contributed by atoms with Gasteiger partial charge >= 0.3 is 6.03 Å². The quantitative estimate of drug-likeness (QED) is 0.364. The van der Waals surface area contributed by atoms with E-state index < -0.39 is 20.6 Å². The molecule has 0 unspecified atom stereocenters. The fourth-order valence-corrected chi connectivity index (χ4v) is 6.77. The van der Waals surface area contributed by atoms with Crippen LogP contribution in [0.25, 0.3) is 11.4 Å². The number of nitrogens with zero attached hydrogens (tertiary/aromatic N) is 4. The fraction of sp³-hybridized carbons (Fsp3) is 0.407. The average Bonchev–Trinajstić information content (AvgIpc) is 3.76. The van der Waals surface area contributed by atoms with Crippen LogP contribution < -0.4 is 15.5 Å². The maximum Gasteiger partial charge on any atom is 0.324 e. The van der Waals surface area contributed by atoms with E-state index in [1.807, 2.05) is 6.92 Å². The first-order valence-electron chi connectivity index (χ1n) is 13.0. The number of aromatic nitrogens is 3. The lowest BCUT2D eigenvalue weighted by atomic mass is 10.1. The molecule has 5 rings (SSSR count). The van der Waals surface area contributed by atoms with Gasteiger partial charge in [0.05, 0.1) is 30.7 Å². The third kappa shape index (κ3) is 5.87. The van der Waals surface area contributed by atoms with Gasteiger partial charge in [-0.25, -0.2) is 28.2 Å². The molecule has 1 atom stereocenters. The molecule has 11 nitrogen and oxygen atoms in total. The van der Waals surface area contributed by atoms with E-state index in [2.05, 4.69) is 20.5 Å². The summed E-state index contributed by atoms with van der Waals surface area (Å²) in [6.45, 7) is 3.61.